The summed E-state index contributed by atoms with van der Waals surface area (Å²) in [6, 6.07) is 10.7. The number of ether oxygens (including phenoxy) is 1. The Hall–Kier alpha value is -3.42. The summed E-state index contributed by atoms with van der Waals surface area (Å²) >= 11 is 0. The molecule has 1 N–H and O–H groups in total. The number of amides is 3. The smallest absolute Gasteiger partial charge is 0.257 e. The number of pyridine rings is 1. The number of carbonyl (C=O) groups is 3. The van der Waals surface area contributed by atoms with Crippen molar-refractivity contribution in [2.45, 2.75) is 38.4 Å². The molecule has 0 spiro atoms. The summed E-state index contributed by atoms with van der Waals surface area (Å²) in [4.78, 5) is 45.6. The maximum Gasteiger partial charge on any atom is 0.257 e. The van der Waals surface area contributed by atoms with E-state index in [2.05, 4.69) is 10.3 Å². The van der Waals surface area contributed by atoms with Crippen molar-refractivity contribution in [3.8, 4) is 5.88 Å². The van der Waals surface area contributed by atoms with E-state index in [-0.39, 0.29) is 30.7 Å². The average molecular weight is 408 g/mol. The molecular formula is C22H24N4O4. The van der Waals surface area contributed by atoms with Crippen LogP contribution in [0.15, 0.2) is 42.6 Å². The zero-order chi connectivity index (χ0) is 21.3. The molecule has 30 heavy (non-hydrogen) atoms. The molecule has 8 heteroatoms. The minimum absolute atomic E-state index is 0.00136. The highest BCUT2D eigenvalue weighted by Crippen LogP contribution is 2.43. The van der Waals surface area contributed by atoms with Gasteiger partial charge in [-0.25, -0.2) is 4.98 Å². The van der Waals surface area contributed by atoms with Crippen molar-refractivity contribution < 1.29 is 19.1 Å². The number of nitrogens with zero attached hydrogens (tertiary/aromatic N) is 3. The zero-order valence-corrected chi connectivity index (χ0v) is 17.1. The molecule has 0 radical (unpaired) electrons. The zero-order valence-electron chi connectivity index (χ0n) is 17.1. The summed E-state index contributed by atoms with van der Waals surface area (Å²) < 4.78 is 5.09. The number of para-hydroxylation sites is 1. The first-order chi connectivity index (χ1) is 14.4. The number of methoxy groups -OCH3 is 1. The van der Waals surface area contributed by atoms with Crippen LogP contribution in [0.3, 0.4) is 0 Å². The van der Waals surface area contributed by atoms with E-state index in [1.54, 1.807) is 40.3 Å². The van der Waals surface area contributed by atoms with Gasteiger partial charge < -0.3 is 15.0 Å². The Bertz CT molecular complexity index is 1010. The van der Waals surface area contributed by atoms with E-state index in [9.17, 15) is 14.4 Å². The number of carbonyl (C=O) groups excluding carboxylic acids is 3. The fourth-order valence-corrected chi connectivity index (χ4v) is 4.22. The number of fused-ring (bicyclic) bond motifs is 3. The van der Waals surface area contributed by atoms with Gasteiger partial charge in [-0.05, 0) is 37.1 Å². The van der Waals surface area contributed by atoms with Crippen LogP contribution >= 0.6 is 0 Å². The van der Waals surface area contributed by atoms with Crippen molar-refractivity contribution in [2.24, 2.45) is 0 Å². The van der Waals surface area contributed by atoms with Crippen molar-refractivity contribution in [2.75, 3.05) is 18.6 Å². The van der Waals surface area contributed by atoms with Gasteiger partial charge in [0.05, 0.1) is 18.4 Å². The predicted octanol–water partition coefficient (Wildman–Crippen LogP) is 2.10. The Morgan fingerprint density at radius 1 is 1.27 bits per heavy atom. The Morgan fingerprint density at radius 2 is 2.07 bits per heavy atom. The highest BCUT2D eigenvalue weighted by molar-refractivity contribution is 6.10. The van der Waals surface area contributed by atoms with Gasteiger partial charge in [0.25, 0.3) is 5.91 Å². The molecule has 2 aromatic rings. The van der Waals surface area contributed by atoms with Gasteiger partial charge in [-0.2, -0.15) is 0 Å². The van der Waals surface area contributed by atoms with E-state index >= 15 is 0 Å². The Balaban J connectivity index is 1.45. The monoisotopic (exact) mass is 408 g/mol. The molecular weight excluding hydrogens is 384 g/mol. The largest absolute Gasteiger partial charge is 0.481 e. The van der Waals surface area contributed by atoms with Crippen LogP contribution in [-0.2, 0) is 16.1 Å². The third kappa shape index (κ3) is 3.38. The molecule has 1 saturated heterocycles. The summed E-state index contributed by atoms with van der Waals surface area (Å²) in [5, 5.41) is 2.86. The minimum Gasteiger partial charge on any atom is -0.481 e. The number of aromatic nitrogens is 1. The van der Waals surface area contributed by atoms with E-state index in [0.717, 1.165) is 5.56 Å². The Labute approximate surface area is 174 Å². The molecule has 3 heterocycles. The number of hydrogen-bond donors (Lipinski definition) is 1. The number of hydrogen-bond acceptors (Lipinski definition) is 5. The van der Waals surface area contributed by atoms with Gasteiger partial charge in [-0.1, -0.05) is 12.1 Å². The van der Waals surface area contributed by atoms with Crippen LogP contribution in [-0.4, -0.2) is 46.9 Å². The second-order valence-electron chi connectivity index (χ2n) is 7.65. The summed E-state index contributed by atoms with van der Waals surface area (Å²) in [7, 11) is 1.54. The van der Waals surface area contributed by atoms with E-state index < -0.39 is 5.66 Å². The molecule has 2 aliphatic rings. The first-order valence-electron chi connectivity index (χ1n) is 9.94. The van der Waals surface area contributed by atoms with Crippen molar-refractivity contribution in [1.82, 2.24) is 15.2 Å². The summed E-state index contributed by atoms with van der Waals surface area (Å²) in [6.45, 7) is 2.47. The normalized spacial score (nSPS) is 20.1. The minimum atomic E-state index is -0.749. The number of anilines is 1. The van der Waals surface area contributed by atoms with Crippen LogP contribution in [0.4, 0.5) is 5.69 Å². The topological polar surface area (TPSA) is 91.8 Å². The highest BCUT2D eigenvalue weighted by Gasteiger charge is 2.52. The molecule has 1 unspecified atom stereocenters. The molecule has 0 bridgehead atoms. The Morgan fingerprint density at radius 3 is 2.87 bits per heavy atom. The van der Waals surface area contributed by atoms with Gasteiger partial charge in [-0.3, -0.25) is 19.3 Å². The first kappa shape index (κ1) is 19.9. The summed E-state index contributed by atoms with van der Waals surface area (Å²) in [6.07, 6.45) is 2.69. The molecule has 8 nitrogen and oxygen atoms in total. The van der Waals surface area contributed by atoms with Gasteiger partial charge >= 0.3 is 0 Å². The molecule has 1 aromatic heterocycles. The first-order valence-corrected chi connectivity index (χ1v) is 9.94. The maximum atomic E-state index is 13.2. The van der Waals surface area contributed by atoms with E-state index in [4.69, 9.17) is 4.74 Å². The predicted molar refractivity (Wildman–Crippen MR) is 110 cm³/mol. The van der Waals surface area contributed by atoms with Crippen molar-refractivity contribution in [3.63, 3.8) is 0 Å². The standard InChI is InChI=1S/C22H24N4O4/c1-22-10-7-20(28)26(22)17-6-4-3-5-16(17)21(29)25(22)12-9-18(27)24-14-15-8-11-23-19(13-15)30-2/h3-6,8,11,13H,7,9-10,12,14H2,1-2H3,(H,24,27). The van der Waals surface area contributed by atoms with Crippen LogP contribution in [0.1, 0.15) is 42.1 Å². The lowest BCUT2D eigenvalue weighted by atomic mass is 9.98. The number of nitrogens with one attached hydrogen (secondary N) is 1. The molecule has 0 saturated carbocycles. The van der Waals surface area contributed by atoms with Crippen molar-refractivity contribution in [3.05, 3.63) is 53.7 Å². The lowest BCUT2D eigenvalue weighted by molar-refractivity contribution is -0.121. The Kier molecular flexibility index (Phi) is 5.15. The third-order valence-electron chi connectivity index (χ3n) is 5.81. The van der Waals surface area contributed by atoms with E-state index in [1.165, 1.54) is 7.11 Å². The van der Waals surface area contributed by atoms with E-state index in [0.29, 0.717) is 36.5 Å². The molecule has 156 valence electrons. The average Bonchev–Trinajstić information content (AvgIpc) is 3.07. The number of benzene rings is 1. The summed E-state index contributed by atoms with van der Waals surface area (Å²) in [5.74, 6) is 0.166. The van der Waals surface area contributed by atoms with Gasteiger partial charge in [0.2, 0.25) is 17.7 Å². The van der Waals surface area contributed by atoms with Crippen molar-refractivity contribution in [1.29, 1.82) is 0 Å². The molecule has 1 fully saturated rings. The van der Waals surface area contributed by atoms with Crippen LogP contribution in [0, 0.1) is 0 Å². The van der Waals surface area contributed by atoms with Crippen LogP contribution < -0.4 is 15.0 Å². The molecule has 2 aliphatic heterocycles. The molecule has 0 aliphatic carbocycles. The summed E-state index contributed by atoms with van der Waals surface area (Å²) in [5.41, 5.74) is 1.27. The van der Waals surface area contributed by atoms with Gasteiger partial charge in [-0.15, -0.1) is 0 Å². The van der Waals surface area contributed by atoms with Crippen LogP contribution in [0.5, 0.6) is 5.88 Å². The number of rotatable bonds is 6. The molecule has 1 atom stereocenters. The lowest BCUT2D eigenvalue weighted by Gasteiger charge is -2.48. The lowest BCUT2D eigenvalue weighted by Crippen LogP contribution is -2.62. The van der Waals surface area contributed by atoms with Crippen LogP contribution in [0.2, 0.25) is 0 Å². The SMILES string of the molecule is COc1cc(CNC(=O)CCN2C(=O)c3ccccc3N3C(=O)CCC23C)ccn1. The van der Waals surface area contributed by atoms with Crippen LogP contribution in [0.25, 0.3) is 0 Å². The van der Waals surface area contributed by atoms with Crippen molar-refractivity contribution >= 4 is 23.4 Å². The molecule has 1 aromatic carbocycles. The second kappa shape index (κ2) is 7.78. The molecule has 3 amide bonds. The van der Waals surface area contributed by atoms with Gasteiger partial charge in [0.15, 0.2) is 0 Å². The fourth-order valence-electron chi connectivity index (χ4n) is 4.22. The van der Waals surface area contributed by atoms with Gasteiger partial charge in [0, 0.05) is 38.2 Å². The third-order valence-corrected chi connectivity index (χ3v) is 5.81. The maximum absolute atomic E-state index is 13.2. The highest BCUT2D eigenvalue weighted by atomic mass is 16.5. The quantitative estimate of drug-likeness (QED) is 0.790. The van der Waals surface area contributed by atoms with E-state index in [1.807, 2.05) is 19.1 Å². The fraction of sp³-hybridized carbons (Fsp3) is 0.364. The molecule has 4 rings (SSSR count). The van der Waals surface area contributed by atoms with Gasteiger partial charge in [0.1, 0.15) is 5.66 Å². The second-order valence-corrected chi connectivity index (χ2v) is 7.65.